The van der Waals surface area contributed by atoms with Gasteiger partial charge in [0.1, 0.15) is 6.10 Å². The first-order valence-corrected chi connectivity index (χ1v) is 16.9. The van der Waals surface area contributed by atoms with Crippen LogP contribution in [0.25, 0.3) is 0 Å². The summed E-state index contributed by atoms with van der Waals surface area (Å²) in [7, 11) is -3.29. The Hall–Kier alpha value is -0.0900. The van der Waals surface area contributed by atoms with Gasteiger partial charge in [0.05, 0.1) is 36.1 Å². The fraction of sp³-hybridized carbons (Fsp3) is 1.00. The van der Waals surface area contributed by atoms with Gasteiger partial charge in [-0.25, -0.2) is 4.57 Å². The van der Waals surface area contributed by atoms with E-state index in [1.807, 2.05) is 6.92 Å². The molecule has 1 aliphatic heterocycles. The monoisotopic (exact) mass is 588 g/mol. The van der Waals surface area contributed by atoms with E-state index in [1.54, 1.807) is 0 Å². The standard InChI is InChI=1S/C30H53O9P/c1-14(2)16(4)19-13-15(3)26-29(6)11-9-17-20(21(29)27(30(26,7)38-19)39-40(35,36)37-8)24(33)25(34)22-23(32)18(31)10-12-28(17,22)5/h14-27,31-34H,9-13H2,1-8H3,(H,35,36). The van der Waals surface area contributed by atoms with E-state index in [1.165, 1.54) is 0 Å². The van der Waals surface area contributed by atoms with E-state index in [9.17, 15) is 29.9 Å². The van der Waals surface area contributed by atoms with Gasteiger partial charge in [-0.15, -0.1) is 0 Å². The lowest BCUT2D eigenvalue weighted by Crippen LogP contribution is -2.68. The van der Waals surface area contributed by atoms with Crippen molar-refractivity contribution in [3.05, 3.63) is 0 Å². The molecule has 17 unspecified atom stereocenters. The average molecular weight is 589 g/mol. The van der Waals surface area contributed by atoms with E-state index in [-0.39, 0.29) is 35.7 Å². The van der Waals surface area contributed by atoms with Crippen LogP contribution < -0.4 is 0 Å². The fourth-order valence-electron chi connectivity index (χ4n) is 11.1. The molecule has 0 aromatic heterocycles. The normalized spacial score (nSPS) is 56.5. The lowest BCUT2D eigenvalue weighted by molar-refractivity contribution is -0.256. The van der Waals surface area contributed by atoms with Crippen molar-refractivity contribution in [3.63, 3.8) is 0 Å². The highest BCUT2D eigenvalue weighted by molar-refractivity contribution is 7.47. The second-order valence-corrected chi connectivity index (χ2v) is 16.7. The summed E-state index contributed by atoms with van der Waals surface area (Å²) in [6.45, 7) is 15.1. The number of phosphoric ester groups is 1. The van der Waals surface area contributed by atoms with Crippen LogP contribution in [0.3, 0.4) is 0 Å². The Morgan fingerprint density at radius 2 is 1.55 bits per heavy atom. The quantitative estimate of drug-likeness (QED) is 0.303. The molecule has 0 amide bonds. The van der Waals surface area contributed by atoms with E-state index in [2.05, 4.69) is 41.5 Å². The molecular weight excluding hydrogens is 535 g/mol. The van der Waals surface area contributed by atoms with Gasteiger partial charge in [0.25, 0.3) is 0 Å². The minimum Gasteiger partial charge on any atom is -0.390 e. The van der Waals surface area contributed by atoms with E-state index in [0.717, 1.165) is 26.4 Å². The lowest BCUT2D eigenvalue weighted by Gasteiger charge is -2.64. The van der Waals surface area contributed by atoms with Gasteiger partial charge in [0.2, 0.25) is 0 Å². The molecule has 4 saturated carbocycles. The van der Waals surface area contributed by atoms with Crippen molar-refractivity contribution in [1.29, 1.82) is 0 Å². The largest absolute Gasteiger partial charge is 0.472 e. The summed E-state index contributed by atoms with van der Waals surface area (Å²) in [5.41, 5.74) is -1.83. The van der Waals surface area contributed by atoms with Gasteiger partial charge in [-0.05, 0) is 91.3 Å². The Balaban J connectivity index is 1.64. The molecule has 0 bridgehead atoms. The number of rotatable bonds is 5. The molecule has 5 fully saturated rings. The lowest BCUT2D eigenvalue weighted by atomic mass is 9.42. The number of fused-ring (bicyclic) bond motifs is 7. The molecule has 9 nitrogen and oxygen atoms in total. The highest BCUT2D eigenvalue weighted by Gasteiger charge is 2.75. The van der Waals surface area contributed by atoms with Gasteiger partial charge in [0.15, 0.2) is 0 Å². The van der Waals surface area contributed by atoms with Crippen LogP contribution in [-0.4, -0.2) is 74.7 Å². The SMILES string of the molecule is COP(=O)(O)OC1C2C3C(O)C(O)C4C(O)C(O)CCC4(C)C3CCC2(C)C2C(C)CC(C(C)C(C)C)OC12C. The van der Waals surface area contributed by atoms with Crippen LogP contribution in [0.5, 0.6) is 0 Å². The third-order valence-corrected chi connectivity index (χ3v) is 14.0. The maximum absolute atomic E-state index is 13.1. The smallest absolute Gasteiger partial charge is 0.390 e. The molecule has 5 aliphatic rings. The first-order chi connectivity index (χ1) is 18.4. The summed E-state index contributed by atoms with van der Waals surface area (Å²) in [5.74, 6) is -0.677. The Morgan fingerprint density at radius 3 is 2.15 bits per heavy atom. The molecule has 232 valence electrons. The van der Waals surface area contributed by atoms with Crippen molar-refractivity contribution in [2.75, 3.05) is 7.11 Å². The second kappa shape index (κ2) is 10.2. The molecule has 1 heterocycles. The van der Waals surface area contributed by atoms with Crippen molar-refractivity contribution in [1.82, 2.24) is 0 Å². The molecule has 0 radical (unpaired) electrons. The van der Waals surface area contributed by atoms with Crippen molar-refractivity contribution >= 4 is 7.82 Å². The second-order valence-electron chi connectivity index (χ2n) is 15.2. The summed E-state index contributed by atoms with van der Waals surface area (Å²) in [6, 6.07) is 0. The van der Waals surface area contributed by atoms with Crippen LogP contribution in [0, 0.1) is 58.2 Å². The maximum atomic E-state index is 13.1. The number of ether oxygens (including phenoxy) is 1. The summed E-state index contributed by atoms with van der Waals surface area (Å²) in [6.07, 6.45) is -1.89. The summed E-state index contributed by atoms with van der Waals surface area (Å²) in [4.78, 5) is 10.7. The summed E-state index contributed by atoms with van der Waals surface area (Å²) < 4.78 is 31.2. The Labute approximate surface area is 239 Å². The van der Waals surface area contributed by atoms with E-state index < -0.39 is 66.6 Å². The molecule has 0 spiro atoms. The van der Waals surface area contributed by atoms with E-state index >= 15 is 0 Å². The molecule has 0 aromatic rings. The molecule has 5 rings (SSSR count). The van der Waals surface area contributed by atoms with Gasteiger partial charge in [0, 0.05) is 13.0 Å². The summed E-state index contributed by atoms with van der Waals surface area (Å²) in [5, 5.41) is 44.9. The van der Waals surface area contributed by atoms with E-state index in [4.69, 9.17) is 13.8 Å². The van der Waals surface area contributed by atoms with Gasteiger partial charge >= 0.3 is 7.82 Å². The number of hydrogen-bond acceptors (Lipinski definition) is 8. The Morgan fingerprint density at radius 1 is 0.925 bits per heavy atom. The third-order valence-electron chi connectivity index (χ3n) is 13.0. The van der Waals surface area contributed by atoms with Crippen molar-refractivity contribution < 1.29 is 43.7 Å². The molecule has 0 aromatic carbocycles. The zero-order valence-electron chi connectivity index (χ0n) is 25.4. The highest BCUT2D eigenvalue weighted by atomic mass is 31.2. The number of hydrogen-bond donors (Lipinski definition) is 5. The molecule has 4 aliphatic carbocycles. The minimum atomic E-state index is -4.45. The predicted molar refractivity (Wildman–Crippen MR) is 149 cm³/mol. The molecule has 40 heavy (non-hydrogen) atoms. The Bertz CT molecular complexity index is 1010. The van der Waals surface area contributed by atoms with Gasteiger partial charge in [-0.3, -0.25) is 9.05 Å². The first-order valence-electron chi connectivity index (χ1n) is 15.4. The van der Waals surface area contributed by atoms with Crippen LogP contribution in [0.15, 0.2) is 0 Å². The molecular formula is C30H53O9P. The van der Waals surface area contributed by atoms with Crippen molar-refractivity contribution in [2.45, 2.75) is 123 Å². The van der Waals surface area contributed by atoms with Crippen LogP contribution in [0.2, 0.25) is 0 Å². The minimum absolute atomic E-state index is 0.00272. The van der Waals surface area contributed by atoms with Gasteiger partial charge in [-0.1, -0.05) is 41.5 Å². The van der Waals surface area contributed by atoms with Gasteiger partial charge < -0.3 is 30.1 Å². The highest BCUT2D eigenvalue weighted by Crippen LogP contribution is 2.73. The Kier molecular flexibility index (Phi) is 8.02. The number of aliphatic hydroxyl groups is 4. The van der Waals surface area contributed by atoms with Crippen molar-refractivity contribution in [2.24, 2.45) is 58.2 Å². The van der Waals surface area contributed by atoms with Crippen molar-refractivity contribution in [3.8, 4) is 0 Å². The zero-order valence-corrected chi connectivity index (χ0v) is 26.3. The molecule has 10 heteroatoms. The van der Waals surface area contributed by atoms with E-state index in [0.29, 0.717) is 18.8 Å². The fourth-order valence-corrected chi connectivity index (χ4v) is 11.8. The first kappa shape index (κ1) is 31.3. The molecule has 1 saturated heterocycles. The number of phosphoric acid groups is 1. The third kappa shape index (κ3) is 4.35. The van der Waals surface area contributed by atoms with Gasteiger partial charge in [-0.2, -0.15) is 0 Å². The zero-order chi connectivity index (χ0) is 29.7. The molecule has 5 N–H and O–H groups in total. The predicted octanol–water partition coefficient (Wildman–Crippen LogP) is 3.75. The molecule has 17 atom stereocenters. The topological polar surface area (TPSA) is 146 Å². The van der Waals surface area contributed by atoms with Crippen LogP contribution in [0.1, 0.15) is 80.6 Å². The van der Waals surface area contributed by atoms with Crippen LogP contribution in [-0.2, 0) is 18.3 Å². The summed E-state index contributed by atoms with van der Waals surface area (Å²) >= 11 is 0. The average Bonchev–Trinajstić information content (AvgIpc) is 3.07. The maximum Gasteiger partial charge on any atom is 0.472 e. The van der Waals surface area contributed by atoms with Crippen LogP contribution in [0.4, 0.5) is 0 Å². The van der Waals surface area contributed by atoms with Crippen LogP contribution >= 0.6 is 7.82 Å². The number of aliphatic hydroxyl groups excluding tert-OH is 4.